The highest BCUT2D eigenvalue weighted by atomic mass is 16.3. The number of pyridine rings is 1. The van der Waals surface area contributed by atoms with Crippen LogP contribution in [0.15, 0.2) is 53.2 Å². The summed E-state index contributed by atoms with van der Waals surface area (Å²) in [5.41, 5.74) is 1.26. The minimum Gasteiger partial charge on any atom is -0.465 e. The number of aryl methyl sites for hydroxylation is 1. The predicted octanol–water partition coefficient (Wildman–Crippen LogP) is 3.99. The fourth-order valence-corrected chi connectivity index (χ4v) is 2.30. The molecule has 0 aliphatic heterocycles. The summed E-state index contributed by atoms with van der Waals surface area (Å²) in [6.45, 7) is 4.90. The van der Waals surface area contributed by atoms with E-state index < -0.39 is 0 Å². The van der Waals surface area contributed by atoms with Crippen molar-refractivity contribution in [2.45, 2.75) is 26.4 Å². The van der Waals surface area contributed by atoms with Gasteiger partial charge in [0.1, 0.15) is 11.5 Å². The van der Waals surface area contributed by atoms with Gasteiger partial charge in [-0.1, -0.05) is 12.1 Å². The van der Waals surface area contributed by atoms with Crippen molar-refractivity contribution in [2.24, 2.45) is 0 Å². The molecule has 102 valence electrons. The zero-order valence-electron chi connectivity index (χ0n) is 11.8. The molecule has 0 spiro atoms. The van der Waals surface area contributed by atoms with Crippen LogP contribution in [0.25, 0.3) is 10.8 Å². The molecule has 20 heavy (non-hydrogen) atoms. The molecule has 0 bridgehead atoms. The van der Waals surface area contributed by atoms with Crippen LogP contribution >= 0.6 is 0 Å². The van der Waals surface area contributed by atoms with Gasteiger partial charge in [-0.05, 0) is 49.1 Å². The van der Waals surface area contributed by atoms with Crippen molar-refractivity contribution in [2.75, 3.05) is 0 Å². The Balaban J connectivity index is 1.70. The van der Waals surface area contributed by atoms with Gasteiger partial charge in [-0.15, -0.1) is 0 Å². The second-order valence-corrected chi connectivity index (χ2v) is 5.11. The van der Waals surface area contributed by atoms with Gasteiger partial charge in [0.25, 0.3) is 0 Å². The quantitative estimate of drug-likeness (QED) is 0.776. The minimum absolute atomic E-state index is 0.205. The second kappa shape index (κ2) is 5.47. The number of benzene rings is 1. The molecule has 3 nitrogen and oxygen atoms in total. The van der Waals surface area contributed by atoms with E-state index in [0.717, 1.165) is 18.1 Å². The Bertz CT molecular complexity index is 718. The van der Waals surface area contributed by atoms with Gasteiger partial charge < -0.3 is 9.73 Å². The maximum absolute atomic E-state index is 5.63. The molecule has 2 aromatic heterocycles. The summed E-state index contributed by atoms with van der Waals surface area (Å²) < 4.78 is 5.63. The zero-order valence-corrected chi connectivity index (χ0v) is 11.8. The van der Waals surface area contributed by atoms with Crippen LogP contribution in [-0.2, 0) is 6.54 Å². The number of hydrogen-bond donors (Lipinski definition) is 1. The fourth-order valence-electron chi connectivity index (χ4n) is 2.30. The number of furan rings is 1. The molecule has 1 N–H and O–H groups in total. The molecule has 1 unspecified atom stereocenters. The zero-order chi connectivity index (χ0) is 13.9. The van der Waals surface area contributed by atoms with E-state index in [0.29, 0.717) is 0 Å². The Morgan fingerprint density at radius 3 is 2.85 bits per heavy atom. The largest absolute Gasteiger partial charge is 0.465 e. The fraction of sp³-hybridized carbons (Fsp3) is 0.235. The summed E-state index contributed by atoms with van der Waals surface area (Å²) in [6.07, 6.45) is 3.72. The van der Waals surface area contributed by atoms with Crippen LogP contribution in [0, 0.1) is 6.92 Å². The third kappa shape index (κ3) is 2.73. The number of hydrogen-bond acceptors (Lipinski definition) is 3. The second-order valence-electron chi connectivity index (χ2n) is 5.11. The van der Waals surface area contributed by atoms with Crippen LogP contribution in [0.2, 0.25) is 0 Å². The first kappa shape index (κ1) is 12.9. The van der Waals surface area contributed by atoms with E-state index in [1.165, 1.54) is 16.3 Å². The van der Waals surface area contributed by atoms with Crippen LogP contribution in [0.5, 0.6) is 0 Å². The van der Waals surface area contributed by atoms with Gasteiger partial charge in [-0.2, -0.15) is 0 Å². The third-order valence-electron chi connectivity index (χ3n) is 3.51. The Morgan fingerprint density at radius 2 is 2.05 bits per heavy atom. The van der Waals surface area contributed by atoms with Crippen molar-refractivity contribution < 1.29 is 4.42 Å². The van der Waals surface area contributed by atoms with Gasteiger partial charge in [0.05, 0.1) is 6.04 Å². The van der Waals surface area contributed by atoms with E-state index in [1.54, 1.807) is 0 Å². The van der Waals surface area contributed by atoms with Crippen LogP contribution in [0.3, 0.4) is 0 Å². The standard InChI is InChI=1S/C17H18N2O/c1-12-3-6-17(20-12)13(2)19-10-14-4-5-16-11-18-8-7-15(16)9-14/h3-9,11,13,19H,10H2,1-2H3. The average Bonchev–Trinajstić information content (AvgIpc) is 2.91. The molecule has 3 rings (SSSR count). The molecule has 0 fully saturated rings. The lowest BCUT2D eigenvalue weighted by Gasteiger charge is -2.11. The molecule has 2 heterocycles. The molecule has 1 atom stereocenters. The number of nitrogens with one attached hydrogen (secondary N) is 1. The van der Waals surface area contributed by atoms with Crippen LogP contribution in [-0.4, -0.2) is 4.98 Å². The van der Waals surface area contributed by atoms with E-state index in [4.69, 9.17) is 4.42 Å². The topological polar surface area (TPSA) is 38.1 Å². The molecule has 0 radical (unpaired) electrons. The number of aromatic nitrogens is 1. The molecule has 3 aromatic rings. The molecule has 1 aromatic carbocycles. The summed E-state index contributed by atoms with van der Waals surface area (Å²) in [5.74, 6) is 1.93. The minimum atomic E-state index is 0.205. The number of fused-ring (bicyclic) bond motifs is 1. The maximum atomic E-state index is 5.63. The first-order valence-electron chi connectivity index (χ1n) is 6.85. The summed E-state index contributed by atoms with van der Waals surface area (Å²) in [7, 11) is 0. The molecule has 3 heteroatoms. The van der Waals surface area contributed by atoms with Crippen molar-refractivity contribution in [1.29, 1.82) is 0 Å². The molecular weight excluding hydrogens is 248 g/mol. The summed E-state index contributed by atoms with van der Waals surface area (Å²) >= 11 is 0. The van der Waals surface area contributed by atoms with Gasteiger partial charge in [0.15, 0.2) is 0 Å². The highest BCUT2D eigenvalue weighted by Gasteiger charge is 2.08. The monoisotopic (exact) mass is 266 g/mol. The first-order valence-corrected chi connectivity index (χ1v) is 6.85. The molecular formula is C17H18N2O. The summed E-state index contributed by atoms with van der Waals surface area (Å²) in [4.78, 5) is 4.13. The predicted molar refractivity (Wildman–Crippen MR) is 80.4 cm³/mol. The maximum Gasteiger partial charge on any atom is 0.120 e. The lowest BCUT2D eigenvalue weighted by Crippen LogP contribution is -2.17. The SMILES string of the molecule is Cc1ccc(C(C)NCc2ccc3cnccc3c2)o1. The first-order chi connectivity index (χ1) is 9.72. The van der Waals surface area contributed by atoms with E-state index in [2.05, 4.69) is 35.4 Å². The highest BCUT2D eigenvalue weighted by Crippen LogP contribution is 2.18. The van der Waals surface area contributed by atoms with E-state index in [1.807, 2.05) is 37.5 Å². The summed E-state index contributed by atoms with van der Waals surface area (Å²) in [5, 5.41) is 5.88. The smallest absolute Gasteiger partial charge is 0.120 e. The van der Waals surface area contributed by atoms with Crippen molar-refractivity contribution in [1.82, 2.24) is 10.3 Å². The molecule has 0 amide bonds. The van der Waals surface area contributed by atoms with Gasteiger partial charge in [-0.25, -0.2) is 0 Å². The normalized spacial score (nSPS) is 12.7. The van der Waals surface area contributed by atoms with E-state index in [9.17, 15) is 0 Å². The third-order valence-corrected chi connectivity index (χ3v) is 3.51. The highest BCUT2D eigenvalue weighted by molar-refractivity contribution is 5.81. The molecule has 0 saturated carbocycles. The van der Waals surface area contributed by atoms with Crippen molar-refractivity contribution in [3.63, 3.8) is 0 Å². The molecule has 0 saturated heterocycles. The van der Waals surface area contributed by atoms with Gasteiger partial charge >= 0.3 is 0 Å². The number of nitrogens with zero attached hydrogens (tertiary/aromatic N) is 1. The van der Waals surface area contributed by atoms with Gasteiger partial charge in [-0.3, -0.25) is 4.98 Å². The molecule has 0 aliphatic rings. The average molecular weight is 266 g/mol. The Kier molecular flexibility index (Phi) is 3.52. The van der Waals surface area contributed by atoms with Crippen LogP contribution in [0.4, 0.5) is 0 Å². The van der Waals surface area contributed by atoms with Crippen LogP contribution in [0.1, 0.15) is 30.0 Å². The Labute approximate surface area is 118 Å². The van der Waals surface area contributed by atoms with Crippen LogP contribution < -0.4 is 5.32 Å². The van der Waals surface area contributed by atoms with Gasteiger partial charge in [0.2, 0.25) is 0 Å². The van der Waals surface area contributed by atoms with Crippen molar-refractivity contribution in [3.8, 4) is 0 Å². The van der Waals surface area contributed by atoms with Gasteiger partial charge in [0, 0.05) is 24.3 Å². The lowest BCUT2D eigenvalue weighted by atomic mass is 10.1. The van der Waals surface area contributed by atoms with E-state index in [-0.39, 0.29) is 6.04 Å². The lowest BCUT2D eigenvalue weighted by molar-refractivity contribution is 0.416. The Morgan fingerprint density at radius 1 is 1.15 bits per heavy atom. The summed E-state index contributed by atoms with van der Waals surface area (Å²) in [6, 6.07) is 12.7. The van der Waals surface area contributed by atoms with Crippen molar-refractivity contribution in [3.05, 3.63) is 65.9 Å². The van der Waals surface area contributed by atoms with Crippen molar-refractivity contribution >= 4 is 10.8 Å². The number of rotatable bonds is 4. The Hall–Kier alpha value is -2.13. The molecule has 0 aliphatic carbocycles. The van der Waals surface area contributed by atoms with E-state index >= 15 is 0 Å².